The first kappa shape index (κ1) is 21.8. The van der Waals surface area contributed by atoms with Crippen LogP contribution in [0.3, 0.4) is 0 Å². The van der Waals surface area contributed by atoms with E-state index in [4.69, 9.17) is 24.7 Å². The maximum absolute atomic E-state index is 13.4. The van der Waals surface area contributed by atoms with E-state index >= 15 is 0 Å². The van der Waals surface area contributed by atoms with Crippen LogP contribution in [0.25, 0.3) is 33.8 Å². The third kappa shape index (κ3) is 3.65. The van der Waals surface area contributed by atoms with Crippen molar-refractivity contribution in [3.63, 3.8) is 0 Å². The van der Waals surface area contributed by atoms with Crippen molar-refractivity contribution < 1.29 is 23.7 Å². The number of pyridine rings is 1. The van der Waals surface area contributed by atoms with Crippen LogP contribution >= 0.6 is 0 Å². The summed E-state index contributed by atoms with van der Waals surface area (Å²) in [5, 5.41) is 7.13. The van der Waals surface area contributed by atoms with E-state index in [1.807, 2.05) is 56.5 Å². The largest absolute Gasteiger partial charge is 0.467 e. The summed E-state index contributed by atoms with van der Waals surface area (Å²) in [6.45, 7) is 4.02. The number of benzene rings is 2. The van der Waals surface area contributed by atoms with E-state index in [0.717, 1.165) is 32.1 Å². The molecular weight excluding hydrogens is 422 g/mol. The Morgan fingerprint density at radius 1 is 1.24 bits per heavy atom. The van der Waals surface area contributed by atoms with Crippen LogP contribution in [0.4, 0.5) is 0 Å². The molecule has 3 aromatic rings. The lowest BCUT2D eigenvalue weighted by Crippen LogP contribution is -2.54. The van der Waals surface area contributed by atoms with E-state index in [9.17, 15) is 4.79 Å². The van der Waals surface area contributed by atoms with Crippen molar-refractivity contribution in [1.29, 1.82) is 0 Å². The van der Waals surface area contributed by atoms with Crippen molar-refractivity contribution in [1.82, 2.24) is 10.3 Å². The molecule has 8 heteroatoms. The maximum atomic E-state index is 13.4. The molecule has 0 radical (unpaired) electrons. The Morgan fingerprint density at radius 2 is 2.06 bits per heavy atom. The zero-order chi connectivity index (χ0) is 23.4. The topological polar surface area (TPSA) is 105 Å². The second kappa shape index (κ2) is 7.78. The van der Waals surface area contributed by atoms with Gasteiger partial charge in [-0.05, 0) is 66.1 Å². The van der Waals surface area contributed by atoms with Crippen LogP contribution in [-0.2, 0) is 14.2 Å². The number of hydrogen-bond acceptors (Lipinski definition) is 7. The van der Waals surface area contributed by atoms with E-state index in [0.29, 0.717) is 17.9 Å². The molecule has 6 bridgehead atoms. The number of carbonyl (C=O) groups excluding carboxylic acids is 1. The minimum Gasteiger partial charge on any atom is -0.467 e. The van der Waals surface area contributed by atoms with Crippen LogP contribution in [0, 0.1) is 0 Å². The highest BCUT2D eigenvalue weighted by Gasteiger charge is 2.40. The second-order valence-electron chi connectivity index (χ2n) is 9.12. The lowest BCUT2D eigenvalue weighted by molar-refractivity contribution is -0.242. The molecule has 1 aliphatic heterocycles. The molecule has 0 spiro atoms. The van der Waals surface area contributed by atoms with E-state index in [1.165, 1.54) is 0 Å². The van der Waals surface area contributed by atoms with E-state index < -0.39 is 17.4 Å². The molecule has 0 saturated carbocycles. The van der Waals surface area contributed by atoms with Gasteiger partial charge in [0.15, 0.2) is 6.79 Å². The summed E-state index contributed by atoms with van der Waals surface area (Å²) in [5.74, 6) is -0.832. The van der Waals surface area contributed by atoms with Gasteiger partial charge in [0.25, 0.3) is 5.91 Å². The fourth-order valence-corrected chi connectivity index (χ4v) is 4.42. The van der Waals surface area contributed by atoms with Gasteiger partial charge in [-0.25, -0.2) is 0 Å². The first-order valence-corrected chi connectivity index (χ1v) is 10.8. The number of ether oxygens (including phenoxy) is 4. The summed E-state index contributed by atoms with van der Waals surface area (Å²) in [5.41, 5.74) is 6.88. The number of fused-ring (bicyclic) bond motifs is 2. The molecule has 2 aliphatic rings. The number of rotatable bonds is 5. The van der Waals surface area contributed by atoms with E-state index in [2.05, 4.69) is 10.3 Å². The van der Waals surface area contributed by atoms with Gasteiger partial charge in [-0.15, -0.1) is 0 Å². The number of nitrogens with zero attached hydrogens (tertiary/aromatic N) is 1. The highest BCUT2D eigenvalue weighted by atomic mass is 16.8. The van der Waals surface area contributed by atoms with Crippen LogP contribution in [0.5, 0.6) is 5.75 Å². The molecule has 172 valence electrons. The second-order valence-corrected chi connectivity index (χ2v) is 9.12. The Kier molecular flexibility index (Phi) is 5.13. The van der Waals surface area contributed by atoms with Gasteiger partial charge in [0.1, 0.15) is 11.9 Å². The normalized spacial score (nSPS) is 21.7. The average Bonchev–Trinajstić information content (AvgIpc) is 2.81. The number of hydrogen-bond donors (Lipinski definition) is 2. The third-order valence-corrected chi connectivity index (χ3v) is 6.13. The summed E-state index contributed by atoms with van der Waals surface area (Å²) < 4.78 is 23.5. The zero-order valence-corrected chi connectivity index (χ0v) is 19.1. The van der Waals surface area contributed by atoms with Gasteiger partial charge in [0.2, 0.25) is 5.79 Å². The number of aromatic nitrogens is 1. The summed E-state index contributed by atoms with van der Waals surface area (Å²) >= 11 is 0. The molecular formula is C25H27N3O5. The van der Waals surface area contributed by atoms with Gasteiger partial charge in [-0.2, -0.15) is 0 Å². The Bertz CT molecular complexity index is 1400. The molecule has 0 saturated heterocycles. The lowest BCUT2D eigenvalue weighted by Gasteiger charge is -2.36. The van der Waals surface area contributed by atoms with Crippen LogP contribution < -0.4 is 26.2 Å². The highest BCUT2D eigenvalue weighted by Crippen LogP contribution is 2.31. The molecule has 33 heavy (non-hydrogen) atoms. The Balaban J connectivity index is 1.88. The van der Waals surface area contributed by atoms with Gasteiger partial charge in [0.05, 0.1) is 5.52 Å². The van der Waals surface area contributed by atoms with E-state index in [1.54, 1.807) is 14.2 Å². The summed E-state index contributed by atoms with van der Waals surface area (Å²) in [6.07, 6.45) is 4.91. The minimum absolute atomic E-state index is 0.0443. The molecule has 2 unspecified atom stereocenters. The molecule has 1 aromatic heterocycles. The Labute approximate surface area is 191 Å². The van der Waals surface area contributed by atoms with Gasteiger partial charge < -0.3 is 30.0 Å². The van der Waals surface area contributed by atoms with Crippen molar-refractivity contribution in [3.05, 3.63) is 46.5 Å². The van der Waals surface area contributed by atoms with Crippen molar-refractivity contribution in [3.8, 4) is 5.75 Å². The monoisotopic (exact) mass is 449 g/mol. The number of nitrogens with one attached hydrogen (secondary N) is 1. The summed E-state index contributed by atoms with van der Waals surface area (Å²) in [7, 11) is 3.13. The van der Waals surface area contributed by atoms with Crippen LogP contribution in [-0.4, -0.2) is 55.9 Å². The molecule has 2 atom stereocenters. The summed E-state index contributed by atoms with van der Waals surface area (Å²) in [6, 6.07) is 7.55. The fourth-order valence-electron chi connectivity index (χ4n) is 4.42. The minimum atomic E-state index is -1.24. The number of carbonyl (C=O) groups is 1. The molecule has 3 N–H and O–H groups in total. The predicted octanol–water partition coefficient (Wildman–Crippen LogP) is 1.15. The van der Waals surface area contributed by atoms with Gasteiger partial charge >= 0.3 is 0 Å². The van der Waals surface area contributed by atoms with Gasteiger partial charge in [0, 0.05) is 48.8 Å². The van der Waals surface area contributed by atoms with Gasteiger partial charge in [-0.1, -0.05) is 0 Å². The predicted molar refractivity (Wildman–Crippen MR) is 125 cm³/mol. The SMILES string of the molecule is COC1C=c2c(C(=O)NCC(C)(C)N)cc3c4cnc5ccc(cc53)OCOC1(OC)C=c24. The molecule has 1 aliphatic carbocycles. The first-order chi connectivity index (χ1) is 15.7. The quantitative estimate of drug-likeness (QED) is 0.563. The van der Waals surface area contributed by atoms with E-state index in [-0.39, 0.29) is 12.7 Å². The zero-order valence-electron chi connectivity index (χ0n) is 19.1. The number of amides is 1. The van der Waals surface area contributed by atoms with Crippen LogP contribution in [0.15, 0.2) is 30.5 Å². The molecule has 5 rings (SSSR count). The van der Waals surface area contributed by atoms with Gasteiger partial charge in [-0.3, -0.25) is 9.78 Å². The maximum Gasteiger partial charge on any atom is 0.251 e. The molecule has 0 fully saturated rings. The smallest absolute Gasteiger partial charge is 0.251 e. The van der Waals surface area contributed by atoms with Crippen LogP contribution in [0.1, 0.15) is 24.2 Å². The fraction of sp³-hybridized carbons (Fsp3) is 0.360. The third-order valence-electron chi connectivity index (χ3n) is 6.13. The first-order valence-electron chi connectivity index (χ1n) is 10.8. The van der Waals surface area contributed by atoms with Crippen molar-refractivity contribution >= 4 is 39.7 Å². The molecule has 8 nitrogen and oxygen atoms in total. The standard InChI is InChI=1S/C25H27N3O5/c1-24(2,26)12-28-23(29)18-8-15-17-7-14-5-6-21(17)27-11-20(15)19-10-25(31-4,33-13-32-14)22(30-3)9-16(18)19/h5-11,22H,12-13,26H2,1-4H3,(H,28,29). The Hall–Kier alpha value is -3.04. The molecule has 1 amide bonds. The average molecular weight is 450 g/mol. The van der Waals surface area contributed by atoms with Crippen molar-refractivity contribution in [2.24, 2.45) is 5.73 Å². The number of nitrogens with two attached hydrogens (primary N) is 1. The van der Waals surface area contributed by atoms with Crippen molar-refractivity contribution in [2.45, 2.75) is 31.3 Å². The highest BCUT2D eigenvalue weighted by molar-refractivity contribution is 6.09. The molecule has 2 aromatic carbocycles. The van der Waals surface area contributed by atoms with Crippen LogP contribution in [0.2, 0.25) is 0 Å². The summed E-state index contributed by atoms with van der Waals surface area (Å²) in [4.78, 5) is 18.0. The van der Waals surface area contributed by atoms with Crippen molar-refractivity contribution in [2.75, 3.05) is 27.6 Å². The number of methoxy groups -OCH3 is 2. The lowest BCUT2D eigenvalue weighted by atomic mass is 9.91. The Morgan fingerprint density at radius 3 is 2.79 bits per heavy atom. The molecule has 2 heterocycles.